The largest absolute Gasteiger partial charge is 0.339 e. The Balaban J connectivity index is 1.22. The Hall–Kier alpha value is -3.36. The lowest BCUT2D eigenvalue weighted by atomic mass is 10.2. The summed E-state index contributed by atoms with van der Waals surface area (Å²) in [6.07, 6.45) is 5.03. The van der Waals surface area contributed by atoms with Crippen LogP contribution in [0.5, 0.6) is 0 Å². The summed E-state index contributed by atoms with van der Waals surface area (Å²) < 4.78 is 18.2. The van der Waals surface area contributed by atoms with Crippen molar-refractivity contribution in [3.8, 4) is 11.4 Å². The van der Waals surface area contributed by atoms with Crippen molar-refractivity contribution in [3.63, 3.8) is 0 Å². The average molecular weight is 396 g/mol. The molecule has 0 aliphatic carbocycles. The molecule has 0 bridgehead atoms. The normalized spacial score (nSPS) is 14.2. The van der Waals surface area contributed by atoms with E-state index < -0.39 is 0 Å². The Bertz CT molecular complexity index is 939. The van der Waals surface area contributed by atoms with Crippen LogP contribution in [0.3, 0.4) is 0 Å². The molecule has 1 aromatic carbocycles. The van der Waals surface area contributed by atoms with Gasteiger partial charge in [-0.05, 0) is 36.8 Å². The number of piperazine rings is 1. The predicted octanol–water partition coefficient (Wildman–Crippen LogP) is 2.34. The molecule has 3 aromatic rings. The third kappa shape index (κ3) is 4.74. The number of halogens is 1. The fourth-order valence-corrected chi connectivity index (χ4v) is 3.23. The summed E-state index contributed by atoms with van der Waals surface area (Å²) in [5.74, 6) is 1.41. The lowest BCUT2D eigenvalue weighted by Gasteiger charge is -2.34. The number of amides is 1. The van der Waals surface area contributed by atoms with E-state index in [1.165, 1.54) is 12.1 Å². The van der Waals surface area contributed by atoms with Crippen LogP contribution in [0.15, 0.2) is 47.2 Å². The molecule has 1 saturated heterocycles. The smallest absolute Gasteiger partial charge is 0.226 e. The maximum absolute atomic E-state index is 13.0. The van der Waals surface area contributed by atoms with Crippen molar-refractivity contribution in [2.24, 2.45) is 0 Å². The molecular formula is C20H21FN6O2. The molecule has 0 unspecified atom stereocenters. The molecule has 0 radical (unpaired) electrons. The van der Waals surface area contributed by atoms with Gasteiger partial charge in [0.1, 0.15) is 5.82 Å². The highest BCUT2D eigenvalue weighted by Crippen LogP contribution is 2.17. The Morgan fingerprint density at radius 3 is 2.52 bits per heavy atom. The van der Waals surface area contributed by atoms with Crippen molar-refractivity contribution in [1.82, 2.24) is 25.0 Å². The van der Waals surface area contributed by atoms with Crippen LogP contribution in [-0.4, -0.2) is 57.1 Å². The van der Waals surface area contributed by atoms with Crippen molar-refractivity contribution < 1.29 is 13.7 Å². The number of rotatable bonds is 6. The number of aromatic nitrogens is 4. The van der Waals surface area contributed by atoms with E-state index in [0.29, 0.717) is 55.6 Å². The summed E-state index contributed by atoms with van der Waals surface area (Å²) in [6.45, 7) is 2.76. The SMILES string of the molecule is O=C(CCCc1nc(-c2ccc(F)cc2)no1)N1CCN(c2ncccn2)CC1. The van der Waals surface area contributed by atoms with Gasteiger partial charge in [-0.15, -0.1) is 0 Å². The van der Waals surface area contributed by atoms with Crippen LogP contribution in [0, 0.1) is 5.82 Å². The van der Waals surface area contributed by atoms with Gasteiger partial charge in [0.25, 0.3) is 0 Å². The predicted molar refractivity (Wildman–Crippen MR) is 103 cm³/mol. The van der Waals surface area contributed by atoms with Gasteiger partial charge in [-0.1, -0.05) is 5.16 Å². The lowest BCUT2D eigenvalue weighted by Crippen LogP contribution is -2.49. The minimum atomic E-state index is -0.312. The molecule has 29 heavy (non-hydrogen) atoms. The molecule has 0 N–H and O–H groups in total. The van der Waals surface area contributed by atoms with Crippen molar-refractivity contribution >= 4 is 11.9 Å². The standard InChI is InChI=1S/C20H21FN6O2/c21-16-7-5-15(6-8-16)19-24-17(29-25-19)3-1-4-18(28)26-11-13-27(14-12-26)20-22-9-2-10-23-20/h2,5-10H,1,3-4,11-14H2. The van der Waals surface area contributed by atoms with Crippen LogP contribution < -0.4 is 4.90 Å². The van der Waals surface area contributed by atoms with Crippen LogP contribution in [-0.2, 0) is 11.2 Å². The molecule has 8 nitrogen and oxygen atoms in total. The molecule has 1 aliphatic heterocycles. The number of anilines is 1. The van der Waals surface area contributed by atoms with E-state index in [9.17, 15) is 9.18 Å². The fourth-order valence-electron chi connectivity index (χ4n) is 3.23. The highest BCUT2D eigenvalue weighted by Gasteiger charge is 2.22. The third-order valence-electron chi connectivity index (χ3n) is 4.82. The Labute approximate surface area is 167 Å². The number of aryl methyl sites for hydroxylation is 1. The number of carbonyl (C=O) groups is 1. The first-order chi connectivity index (χ1) is 14.2. The molecule has 4 rings (SSSR count). The molecule has 9 heteroatoms. The highest BCUT2D eigenvalue weighted by molar-refractivity contribution is 5.76. The molecule has 0 spiro atoms. The summed E-state index contributed by atoms with van der Waals surface area (Å²) in [4.78, 5) is 29.2. The zero-order valence-electron chi connectivity index (χ0n) is 15.9. The number of hydrogen-bond donors (Lipinski definition) is 0. The summed E-state index contributed by atoms with van der Waals surface area (Å²) in [5.41, 5.74) is 0.692. The Morgan fingerprint density at radius 1 is 1.07 bits per heavy atom. The van der Waals surface area contributed by atoms with Gasteiger partial charge in [0.2, 0.25) is 23.6 Å². The molecule has 0 saturated carbocycles. The fraction of sp³-hybridized carbons (Fsp3) is 0.350. The van der Waals surface area contributed by atoms with Crippen LogP contribution >= 0.6 is 0 Å². The molecule has 3 heterocycles. The van der Waals surface area contributed by atoms with Crippen LogP contribution in [0.2, 0.25) is 0 Å². The zero-order valence-corrected chi connectivity index (χ0v) is 15.9. The van der Waals surface area contributed by atoms with Gasteiger partial charge in [0, 0.05) is 57.0 Å². The van der Waals surface area contributed by atoms with Crippen LogP contribution in [0.25, 0.3) is 11.4 Å². The van der Waals surface area contributed by atoms with E-state index in [0.717, 1.165) is 13.1 Å². The number of hydrogen-bond acceptors (Lipinski definition) is 7. The molecule has 150 valence electrons. The molecule has 1 fully saturated rings. The van der Waals surface area contributed by atoms with E-state index in [4.69, 9.17) is 4.52 Å². The average Bonchev–Trinajstić information content (AvgIpc) is 3.24. The summed E-state index contributed by atoms with van der Waals surface area (Å²) >= 11 is 0. The zero-order chi connectivity index (χ0) is 20.1. The first kappa shape index (κ1) is 19.0. The number of nitrogens with zero attached hydrogens (tertiary/aromatic N) is 6. The van der Waals surface area contributed by atoms with Gasteiger partial charge in [-0.2, -0.15) is 4.98 Å². The minimum absolute atomic E-state index is 0.122. The van der Waals surface area contributed by atoms with Gasteiger partial charge >= 0.3 is 0 Å². The van der Waals surface area contributed by atoms with E-state index in [-0.39, 0.29) is 11.7 Å². The van der Waals surface area contributed by atoms with Gasteiger partial charge in [-0.3, -0.25) is 4.79 Å². The second-order valence-electron chi connectivity index (χ2n) is 6.79. The lowest BCUT2D eigenvalue weighted by molar-refractivity contribution is -0.131. The van der Waals surface area contributed by atoms with Crippen molar-refractivity contribution in [2.45, 2.75) is 19.3 Å². The van der Waals surface area contributed by atoms with E-state index in [1.807, 2.05) is 4.90 Å². The van der Waals surface area contributed by atoms with Crippen molar-refractivity contribution in [2.75, 3.05) is 31.1 Å². The summed E-state index contributed by atoms with van der Waals surface area (Å²) in [6, 6.07) is 7.71. The Kier molecular flexibility index (Phi) is 5.73. The number of carbonyl (C=O) groups excluding carboxylic acids is 1. The van der Waals surface area contributed by atoms with Gasteiger partial charge in [-0.25, -0.2) is 14.4 Å². The monoisotopic (exact) mass is 396 g/mol. The topological polar surface area (TPSA) is 88.3 Å². The molecule has 2 aromatic heterocycles. The number of benzene rings is 1. The summed E-state index contributed by atoms with van der Waals surface area (Å²) in [5, 5.41) is 3.92. The Morgan fingerprint density at radius 2 is 1.79 bits per heavy atom. The first-order valence-electron chi connectivity index (χ1n) is 9.57. The van der Waals surface area contributed by atoms with Crippen molar-refractivity contribution in [1.29, 1.82) is 0 Å². The third-order valence-corrected chi connectivity index (χ3v) is 4.82. The van der Waals surface area contributed by atoms with E-state index in [1.54, 1.807) is 30.6 Å². The first-order valence-corrected chi connectivity index (χ1v) is 9.57. The van der Waals surface area contributed by atoms with Gasteiger partial charge in [0.15, 0.2) is 0 Å². The second kappa shape index (κ2) is 8.76. The van der Waals surface area contributed by atoms with Crippen LogP contribution in [0.4, 0.5) is 10.3 Å². The van der Waals surface area contributed by atoms with Gasteiger partial charge < -0.3 is 14.3 Å². The maximum atomic E-state index is 13.0. The van der Waals surface area contributed by atoms with E-state index in [2.05, 4.69) is 25.0 Å². The quantitative estimate of drug-likeness (QED) is 0.632. The van der Waals surface area contributed by atoms with Crippen molar-refractivity contribution in [3.05, 3.63) is 54.4 Å². The van der Waals surface area contributed by atoms with Gasteiger partial charge in [0.05, 0.1) is 0 Å². The molecular weight excluding hydrogens is 375 g/mol. The van der Waals surface area contributed by atoms with E-state index >= 15 is 0 Å². The second-order valence-corrected chi connectivity index (χ2v) is 6.79. The molecule has 1 aliphatic rings. The maximum Gasteiger partial charge on any atom is 0.226 e. The van der Waals surface area contributed by atoms with Crippen LogP contribution in [0.1, 0.15) is 18.7 Å². The molecule has 0 atom stereocenters. The minimum Gasteiger partial charge on any atom is -0.339 e. The molecule has 1 amide bonds. The summed E-state index contributed by atoms with van der Waals surface area (Å²) in [7, 11) is 0. The highest BCUT2D eigenvalue weighted by atomic mass is 19.1.